The van der Waals surface area contributed by atoms with Crippen molar-refractivity contribution in [3.63, 3.8) is 0 Å². The van der Waals surface area contributed by atoms with Crippen molar-refractivity contribution < 1.29 is 4.74 Å². The molecule has 0 amide bonds. The third-order valence-electron chi connectivity index (χ3n) is 4.60. The number of halogens is 1. The predicted molar refractivity (Wildman–Crippen MR) is 103 cm³/mol. The number of hydrogen-bond acceptors (Lipinski definition) is 3. The molecule has 0 spiro atoms. The number of aliphatic imine (C=N–C) groups is 1. The Hall–Kier alpha value is -0.0800. The van der Waals surface area contributed by atoms with E-state index in [9.17, 15) is 0 Å². The van der Waals surface area contributed by atoms with E-state index in [0.29, 0.717) is 18.1 Å². The van der Waals surface area contributed by atoms with Gasteiger partial charge in [0.1, 0.15) is 0 Å². The molecule has 2 atom stereocenters. The van der Waals surface area contributed by atoms with Gasteiger partial charge in [-0.1, -0.05) is 13.8 Å². The van der Waals surface area contributed by atoms with E-state index in [4.69, 9.17) is 4.74 Å². The molecule has 5 nitrogen and oxygen atoms in total. The van der Waals surface area contributed by atoms with Gasteiger partial charge in [-0.15, -0.1) is 24.0 Å². The number of rotatable bonds is 6. The van der Waals surface area contributed by atoms with Crippen LogP contribution in [0.3, 0.4) is 0 Å². The maximum atomic E-state index is 5.64. The van der Waals surface area contributed by atoms with Gasteiger partial charge in [0.2, 0.25) is 0 Å². The fraction of sp³-hybridized carbons (Fsp3) is 0.938. The highest BCUT2D eigenvalue weighted by Gasteiger charge is 2.24. The minimum absolute atomic E-state index is 0. The van der Waals surface area contributed by atoms with E-state index < -0.39 is 0 Å². The summed E-state index contributed by atoms with van der Waals surface area (Å²) in [6, 6.07) is 0.591. The highest BCUT2D eigenvalue weighted by molar-refractivity contribution is 14.0. The van der Waals surface area contributed by atoms with Crippen molar-refractivity contribution in [2.45, 2.75) is 51.7 Å². The third kappa shape index (κ3) is 6.20. The Bertz CT molecular complexity index is 326. The summed E-state index contributed by atoms with van der Waals surface area (Å²) in [4.78, 5) is 6.94. The summed E-state index contributed by atoms with van der Waals surface area (Å²) in [5, 5.41) is 6.88. The number of hydrogen-bond donors (Lipinski definition) is 2. The molecule has 0 radical (unpaired) electrons. The van der Waals surface area contributed by atoms with Gasteiger partial charge in [0.05, 0.1) is 6.10 Å². The number of ether oxygens (including phenoxy) is 1. The molecule has 2 N–H and O–H groups in total. The Morgan fingerprint density at radius 1 is 1.23 bits per heavy atom. The molecule has 0 aliphatic carbocycles. The molecule has 22 heavy (non-hydrogen) atoms. The minimum Gasteiger partial charge on any atom is -0.376 e. The van der Waals surface area contributed by atoms with Crippen molar-refractivity contribution in [2.75, 3.05) is 39.8 Å². The molecule has 2 aliphatic heterocycles. The smallest absolute Gasteiger partial charge is 0.191 e. The van der Waals surface area contributed by atoms with Crippen molar-refractivity contribution >= 4 is 29.9 Å². The predicted octanol–water partition coefficient (Wildman–Crippen LogP) is 2.07. The van der Waals surface area contributed by atoms with Crippen molar-refractivity contribution in [1.82, 2.24) is 15.5 Å². The molecule has 0 aromatic rings. The van der Waals surface area contributed by atoms with E-state index >= 15 is 0 Å². The first-order chi connectivity index (χ1) is 10.2. The first kappa shape index (κ1) is 20.0. The lowest BCUT2D eigenvalue weighted by Gasteiger charge is -2.31. The first-order valence-electron chi connectivity index (χ1n) is 8.51. The van der Waals surface area contributed by atoms with Crippen molar-refractivity contribution in [3.05, 3.63) is 0 Å². The van der Waals surface area contributed by atoms with Crippen LogP contribution in [0.1, 0.15) is 39.5 Å². The van der Waals surface area contributed by atoms with Crippen LogP contribution in [0.15, 0.2) is 4.99 Å². The molecule has 2 unspecified atom stereocenters. The molecular weight excluding hydrogens is 391 g/mol. The highest BCUT2D eigenvalue weighted by Crippen LogP contribution is 2.17. The maximum Gasteiger partial charge on any atom is 0.191 e. The van der Waals surface area contributed by atoms with E-state index in [2.05, 4.69) is 34.4 Å². The zero-order valence-electron chi connectivity index (χ0n) is 14.3. The molecule has 2 saturated heterocycles. The van der Waals surface area contributed by atoms with Crippen LogP contribution < -0.4 is 10.6 Å². The summed E-state index contributed by atoms with van der Waals surface area (Å²) in [6.45, 7) is 9.83. The highest BCUT2D eigenvalue weighted by atomic mass is 127. The number of guanidine groups is 1. The molecule has 2 aliphatic rings. The molecule has 2 rings (SSSR count). The van der Waals surface area contributed by atoms with E-state index in [1.807, 2.05) is 7.05 Å². The molecule has 0 saturated carbocycles. The Kier molecular flexibility index (Phi) is 9.66. The van der Waals surface area contributed by atoms with Crippen molar-refractivity contribution in [3.8, 4) is 0 Å². The van der Waals surface area contributed by atoms with Gasteiger partial charge in [-0.05, 0) is 44.7 Å². The minimum atomic E-state index is 0. The number of nitrogens with one attached hydrogen (secondary N) is 2. The fourth-order valence-corrected chi connectivity index (χ4v) is 3.30. The lowest BCUT2D eigenvalue weighted by molar-refractivity contribution is 0.113. The van der Waals surface area contributed by atoms with Gasteiger partial charge in [-0.25, -0.2) is 0 Å². The van der Waals surface area contributed by atoms with Crippen LogP contribution in [-0.4, -0.2) is 62.8 Å². The van der Waals surface area contributed by atoms with Gasteiger partial charge in [-0.3, -0.25) is 9.89 Å². The molecule has 2 heterocycles. The van der Waals surface area contributed by atoms with Crippen molar-refractivity contribution in [2.24, 2.45) is 10.9 Å². The second-order valence-corrected chi connectivity index (χ2v) is 6.52. The summed E-state index contributed by atoms with van der Waals surface area (Å²) >= 11 is 0. The van der Waals surface area contributed by atoms with Gasteiger partial charge in [0.25, 0.3) is 0 Å². The molecule has 130 valence electrons. The van der Waals surface area contributed by atoms with Crippen molar-refractivity contribution in [1.29, 1.82) is 0 Å². The lowest BCUT2D eigenvalue weighted by atomic mass is 10.0. The molecule has 6 heteroatoms. The molecule has 0 bridgehead atoms. The maximum absolute atomic E-state index is 5.64. The largest absolute Gasteiger partial charge is 0.376 e. The number of likely N-dealkylation sites (tertiary alicyclic amines) is 1. The van der Waals surface area contributed by atoms with Crippen LogP contribution in [-0.2, 0) is 4.74 Å². The molecule has 2 fully saturated rings. The second-order valence-electron chi connectivity index (χ2n) is 6.52. The van der Waals surface area contributed by atoms with Gasteiger partial charge in [0.15, 0.2) is 5.96 Å². The van der Waals surface area contributed by atoms with E-state index in [-0.39, 0.29) is 24.0 Å². The Morgan fingerprint density at radius 3 is 2.50 bits per heavy atom. The van der Waals surface area contributed by atoms with Crippen LogP contribution in [0.25, 0.3) is 0 Å². The average Bonchev–Trinajstić information content (AvgIpc) is 3.15. The Labute approximate surface area is 152 Å². The van der Waals surface area contributed by atoms with Gasteiger partial charge >= 0.3 is 0 Å². The van der Waals surface area contributed by atoms with Crippen LogP contribution in [0.4, 0.5) is 0 Å². The summed E-state index contributed by atoms with van der Waals surface area (Å²) in [7, 11) is 1.84. The monoisotopic (exact) mass is 424 g/mol. The van der Waals surface area contributed by atoms with Crippen LogP contribution in [0.5, 0.6) is 0 Å². The van der Waals surface area contributed by atoms with E-state index in [1.54, 1.807) is 0 Å². The average molecular weight is 424 g/mol. The van der Waals surface area contributed by atoms with Gasteiger partial charge in [0, 0.05) is 32.8 Å². The normalized spacial score (nSPS) is 24.4. The molecule has 0 aromatic carbocycles. The Morgan fingerprint density at radius 2 is 1.95 bits per heavy atom. The van der Waals surface area contributed by atoms with Gasteiger partial charge < -0.3 is 15.4 Å². The summed E-state index contributed by atoms with van der Waals surface area (Å²) in [6.07, 6.45) is 5.38. The van der Waals surface area contributed by atoms with Crippen LogP contribution >= 0.6 is 24.0 Å². The fourth-order valence-electron chi connectivity index (χ4n) is 3.30. The van der Waals surface area contributed by atoms with Gasteiger partial charge in [-0.2, -0.15) is 0 Å². The SMILES string of the molecule is CN=C(NCC1CCCO1)NCC(C(C)C)N1CCCC1.I. The zero-order chi connectivity index (χ0) is 15.1. The Balaban J connectivity index is 0.00000242. The van der Waals surface area contributed by atoms with E-state index in [1.165, 1.54) is 32.4 Å². The third-order valence-corrected chi connectivity index (χ3v) is 4.60. The van der Waals surface area contributed by atoms with Crippen LogP contribution in [0, 0.1) is 5.92 Å². The van der Waals surface area contributed by atoms with Crippen LogP contribution in [0.2, 0.25) is 0 Å². The second kappa shape index (κ2) is 10.6. The summed E-state index contributed by atoms with van der Waals surface area (Å²) in [5.74, 6) is 1.56. The number of nitrogens with zero attached hydrogens (tertiary/aromatic N) is 2. The molecular formula is C16H33IN4O. The molecule has 0 aromatic heterocycles. The first-order valence-corrected chi connectivity index (χ1v) is 8.51. The summed E-state index contributed by atoms with van der Waals surface area (Å²) in [5.41, 5.74) is 0. The lowest BCUT2D eigenvalue weighted by Crippen LogP contribution is -2.49. The van der Waals surface area contributed by atoms with E-state index in [0.717, 1.165) is 32.1 Å². The summed E-state index contributed by atoms with van der Waals surface area (Å²) < 4.78 is 5.64. The standard InChI is InChI=1S/C16H32N4O.HI/c1-13(2)15(20-8-4-5-9-20)12-19-16(17-3)18-11-14-7-6-10-21-14;/h13-15H,4-12H2,1-3H3,(H2,17,18,19);1H. The zero-order valence-corrected chi connectivity index (χ0v) is 16.6. The topological polar surface area (TPSA) is 48.9 Å². The quantitative estimate of drug-likeness (QED) is 0.390.